The second-order valence-corrected chi connectivity index (χ2v) is 2.64. The van der Waals surface area contributed by atoms with E-state index in [2.05, 4.69) is 12.6 Å². The van der Waals surface area contributed by atoms with Gasteiger partial charge in [-0.3, -0.25) is 0 Å². The van der Waals surface area contributed by atoms with Crippen LogP contribution in [0.2, 0.25) is 0 Å². The third kappa shape index (κ3) is 1.89. The number of phenolic OH excluding ortho intramolecular Hbond substituents is 1. The van der Waals surface area contributed by atoms with Gasteiger partial charge in [-0.2, -0.15) is 5.26 Å². The van der Waals surface area contributed by atoms with Gasteiger partial charge in [-0.1, -0.05) is 6.07 Å². The molecule has 1 aromatic carbocycles. The quantitative estimate of drug-likeness (QED) is 0.622. The van der Waals surface area contributed by atoms with Crippen molar-refractivity contribution >= 4 is 12.6 Å². The van der Waals surface area contributed by atoms with Gasteiger partial charge in [0.25, 0.3) is 0 Å². The summed E-state index contributed by atoms with van der Waals surface area (Å²) in [6.07, 6.45) is 0.355. The van der Waals surface area contributed by atoms with Gasteiger partial charge in [-0.25, -0.2) is 0 Å². The molecule has 11 heavy (non-hydrogen) atoms. The number of hydrogen-bond donors (Lipinski definition) is 2. The number of benzene rings is 1. The molecule has 56 valence electrons. The van der Waals surface area contributed by atoms with Gasteiger partial charge < -0.3 is 5.11 Å². The molecule has 0 radical (unpaired) electrons. The molecule has 0 fully saturated rings. The van der Waals surface area contributed by atoms with Crippen molar-refractivity contribution in [2.45, 2.75) is 11.3 Å². The van der Waals surface area contributed by atoms with E-state index in [1.165, 1.54) is 6.07 Å². The van der Waals surface area contributed by atoms with Gasteiger partial charge in [0, 0.05) is 4.90 Å². The van der Waals surface area contributed by atoms with E-state index in [0.29, 0.717) is 11.3 Å². The first-order valence-corrected chi connectivity index (χ1v) is 3.56. The Bertz CT molecular complexity index is 303. The van der Waals surface area contributed by atoms with Crippen molar-refractivity contribution in [1.29, 1.82) is 5.26 Å². The van der Waals surface area contributed by atoms with Crippen LogP contribution in [0.5, 0.6) is 5.75 Å². The molecule has 1 N–H and O–H groups in total. The van der Waals surface area contributed by atoms with E-state index in [4.69, 9.17) is 10.4 Å². The van der Waals surface area contributed by atoms with E-state index < -0.39 is 0 Å². The zero-order valence-corrected chi connectivity index (χ0v) is 6.68. The van der Waals surface area contributed by atoms with Gasteiger partial charge in [0.1, 0.15) is 5.75 Å². The lowest BCUT2D eigenvalue weighted by Gasteiger charge is -1.98. The lowest BCUT2D eigenvalue weighted by Crippen LogP contribution is -1.80. The van der Waals surface area contributed by atoms with E-state index in [1.807, 2.05) is 6.07 Å². The normalized spacial score (nSPS) is 9.09. The standard InChI is InChI=1S/C8H7NOS/c9-4-3-6-1-2-7(10)8(11)5-6/h1-2,5,10-11H,3H2. The maximum Gasteiger partial charge on any atom is 0.128 e. The predicted octanol–water partition coefficient (Wildman–Crippen LogP) is 1.75. The summed E-state index contributed by atoms with van der Waals surface area (Å²) in [6.45, 7) is 0. The highest BCUT2D eigenvalue weighted by molar-refractivity contribution is 7.80. The monoisotopic (exact) mass is 165 g/mol. The summed E-state index contributed by atoms with van der Waals surface area (Å²) in [5.41, 5.74) is 0.871. The van der Waals surface area contributed by atoms with Crippen molar-refractivity contribution in [2.24, 2.45) is 0 Å². The zero-order valence-electron chi connectivity index (χ0n) is 5.78. The van der Waals surface area contributed by atoms with E-state index >= 15 is 0 Å². The molecular weight excluding hydrogens is 158 g/mol. The Morgan fingerprint density at radius 2 is 2.27 bits per heavy atom. The molecule has 0 aliphatic rings. The second kappa shape index (κ2) is 3.31. The molecule has 0 saturated heterocycles. The molecule has 0 bridgehead atoms. The van der Waals surface area contributed by atoms with E-state index in [9.17, 15) is 0 Å². The Morgan fingerprint density at radius 1 is 1.55 bits per heavy atom. The minimum atomic E-state index is 0.148. The van der Waals surface area contributed by atoms with Gasteiger partial charge >= 0.3 is 0 Å². The Hall–Kier alpha value is -1.14. The molecule has 1 aromatic rings. The van der Waals surface area contributed by atoms with Crippen LogP contribution in [-0.2, 0) is 6.42 Å². The highest BCUT2D eigenvalue weighted by atomic mass is 32.1. The Morgan fingerprint density at radius 3 is 2.82 bits per heavy atom. The summed E-state index contributed by atoms with van der Waals surface area (Å²) in [6, 6.07) is 6.94. The second-order valence-electron chi connectivity index (χ2n) is 2.16. The van der Waals surface area contributed by atoms with Crippen LogP contribution >= 0.6 is 12.6 Å². The molecule has 3 heteroatoms. The molecule has 0 aliphatic carbocycles. The maximum absolute atomic E-state index is 9.05. The summed E-state index contributed by atoms with van der Waals surface area (Å²) in [5.74, 6) is 0.148. The van der Waals surface area contributed by atoms with Crippen LogP contribution in [0.1, 0.15) is 5.56 Å². The average molecular weight is 165 g/mol. The van der Waals surface area contributed by atoms with Crippen LogP contribution in [0, 0.1) is 11.3 Å². The van der Waals surface area contributed by atoms with Crippen molar-refractivity contribution in [3.8, 4) is 11.8 Å². The Labute approximate surface area is 70.5 Å². The molecule has 0 heterocycles. The van der Waals surface area contributed by atoms with E-state index in [0.717, 1.165) is 5.56 Å². The lowest BCUT2D eigenvalue weighted by molar-refractivity contribution is 0.462. The molecule has 0 aliphatic heterocycles. The van der Waals surface area contributed by atoms with Gasteiger partial charge in [0.2, 0.25) is 0 Å². The molecule has 2 nitrogen and oxygen atoms in total. The zero-order chi connectivity index (χ0) is 8.27. The summed E-state index contributed by atoms with van der Waals surface area (Å²) in [7, 11) is 0. The van der Waals surface area contributed by atoms with Crippen LogP contribution in [0.25, 0.3) is 0 Å². The largest absolute Gasteiger partial charge is 0.507 e. The van der Waals surface area contributed by atoms with Gasteiger partial charge in [0.05, 0.1) is 12.5 Å². The highest BCUT2D eigenvalue weighted by Gasteiger charge is 1.97. The highest BCUT2D eigenvalue weighted by Crippen LogP contribution is 2.21. The van der Waals surface area contributed by atoms with Crippen molar-refractivity contribution < 1.29 is 5.11 Å². The third-order valence-electron chi connectivity index (χ3n) is 1.32. The number of phenols is 1. The van der Waals surface area contributed by atoms with Crippen LogP contribution in [0.15, 0.2) is 23.1 Å². The smallest absolute Gasteiger partial charge is 0.128 e. The van der Waals surface area contributed by atoms with E-state index in [1.54, 1.807) is 12.1 Å². The number of rotatable bonds is 1. The first-order valence-electron chi connectivity index (χ1n) is 3.12. The first kappa shape index (κ1) is 7.96. The van der Waals surface area contributed by atoms with Crippen LogP contribution in [0.3, 0.4) is 0 Å². The van der Waals surface area contributed by atoms with Gasteiger partial charge in [-0.05, 0) is 17.7 Å². The topological polar surface area (TPSA) is 44.0 Å². The summed E-state index contributed by atoms with van der Waals surface area (Å²) in [4.78, 5) is 0.512. The molecule has 0 aromatic heterocycles. The number of nitrogens with zero attached hydrogens (tertiary/aromatic N) is 1. The summed E-state index contributed by atoms with van der Waals surface area (Å²) < 4.78 is 0. The van der Waals surface area contributed by atoms with Crippen molar-refractivity contribution in [1.82, 2.24) is 0 Å². The third-order valence-corrected chi connectivity index (χ3v) is 1.68. The minimum absolute atomic E-state index is 0.148. The lowest BCUT2D eigenvalue weighted by atomic mass is 10.2. The van der Waals surface area contributed by atoms with Crippen LogP contribution in [-0.4, -0.2) is 5.11 Å². The molecular formula is C8H7NOS. The molecule has 0 amide bonds. The van der Waals surface area contributed by atoms with Crippen molar-refractivity contribution in [3.63, 3.8) is 0 Å². The summed E-state index contributed by atoms with van der Waals surface area (Å²) >= 11 is 4.00. The van der Waals surface area contributed by atoms with E-state index in [-0.39, 0.29) is 5.75 Å². The number of aromatic hydroxyl groups is 1. The maximum atomic E-state index is 9.05. The van der Waals surface area contributed by atoms with Crippen molar-refractivity contribution in [3.05, 3.63) is 23.8 Å². The molecule has 0 unspecified atom stereocenters. The fourth-order valence-electron chi connectivity index (χ4n) is 0.770. The average Bonchev–Trinajstić information content (AvgIpc) is 1.98. The SMILES string of the molecule is N#CCc1ccc(O)c(S)c1. The van der Waals surface area contributed by atoms with Crippen LogP contribution in [0.4, 0.5) is 0 Å². The van der Waals surface area contributed by atoms with Crippen molar-refractivity contribution in [2.75, 3.05) is 0 Å². The molecule has 0 saturated carbocycles. The van der Waals surface area contributed by atoms with Gasteiger partial charge in [-0.15, -0.1) is 12.6 Å². The summed E-state index contributed by atoms with van der Waals surface area (Å²) in [5, 5.41) is 17.4. The number of thiol groups is 1. The number of nitriles is 1. The fourth-order valence-corrected chi connectivity index (χ4v) is 1.01. The molecule has 0 spiro atoms. The first-order chi connectivity index (χ1) is 5.24. The Kier molecular flexibility index (Phi) is 2.40. The predicted molar refractivity (Wildman–Crippen MR) is 44.7 cm³/mol. The molecule has 1 rings (SSSR count). The van der Waals surface area contributed by atoms with Crippen LogP contribution < -0.4 is 0 Å². The van der Waals surface area contributed by atoms with Gasteiger partial charge in [0.15, 0.2) is 0 Å². The Balaban J connectivity index is 2.98. The number of hydrogen-bond acceptors (Lipinski definition) is 3. The fraction of sp³-hybridized carbons (Fsp3) is 0.125. The molecule has 0 atom stereocenters. The minimum Gasteiger partial charge on any atom is -0.507 e.